The third-order valence-corrected chi connectivity index (χ3v) is 7.15. The van der Waals surface area contributed by atoms with Gasteiger partial charge in [0.2, 0.25) is 0 Å². The van der Waals surface area contributed by atoms with E-state index >= 15 is 0 Å². The Bertz CT molecular complexity index is 1560. The van der Waals surface area contributed by atoms with Crippen LogP contribution >= 0.6 is 0 Å². The van der Waals surface area contributed by atoms with Crippen molar-refractivity contribution in [2.45, 2.75) is 47.3 Å². The van der Waals surface area contributed by atoms with Crippen LogP contribution in [-0.2, 0) is 14.3 Å². The lowest BCUT2D eigenvalue weighted by Gasteiger charge is -2.19. The minimum absolute atomic E-state index is 0.0606. The van der Waals surface area contributed by atoms with Gasteiger partial charge in [-0.05, 0) is 92.8 Å². The molecule has 0 radical (unpaired) electrons. The first kappa shape index (κ1) is 33.3. The molecule has 3 rings (SSSR count). The molecule has 0 unspecified atom stereocenters. The van der Waals surface area contributed by atoms with Gasteiger partial charge in [0.15, 0.2) is 0 Å². The summed E-state index contributed by atoms with van der Waals surface area (Å²) in [6.45, 7) is 9.71. The fourth-order valence-corrected chi connectivity index (χ4v) is 4.46. The van der Waals surface area contributed by atoms with Gasteiger partial charge in [-0.15, -0.1) is 0 Å². The van der Waals surface area contributed by atoms with E-state index in [1.54, 1.807) is 86.8 Å². The number of hydrogen-bond donors (Lipinski definition) is 1. The van der Waals surface area contributed by atoms with Crippen molar-refractivity contribution in [1.82, 2.24) is 0 Å². The van der Waals surface area contributed by atoms with Gasteiger partial charge in [-0.2, -0.15) is 0 Å². The van der Waals surface area contributed by atoms with Crippen molar-refractivity contribution in [3.63, 3.8) is 0 Å². The Hall–Kier alpha value is -5.17. The SMILES string of the molecule is COc1cc(C)c(/C=C/C(C)=C/C=C/C(C)=C(\CC(OC(=O)c2ccccc2)OC(=O)c2ccccc2)C(=O)O)c(C)c1C. The molecule has 228 valence electrons. The molecule has 7 heteroatoms. The van der Waals surface area contributed by atoms with Gasteiger partial charge in [-0.3, -0.25) is 0 Å². The van der Waals surface area contributed by atoms with E-state index in [4.69, 9.17) is 14.2 Å². The number of aryl methyl sites for hydroxylation is 1. The average molecular weight is 595 g/mol. The Balaban J connectivity index is 1.83. The van der Waals surface area contributed by atoms with Gasteiger partial charge in [0, 0.05) is 5.57 Å². The van der Waals surface area contributed by atoms with E-state index in [1.807, 2.05) is 39.0 Å². The van der Waals surface area contributed by atoms with Gasteiger partial charge < -0.3 is 19.3 Å². The second-order valence-electron chi connectivity index (χ2n) is 10.3. The molecule has 44 heavy (non-hydrogen) atoms. The molecule has 0 aliphatic carbocycles. The van der Waals surface area contributed by atoms with E-state index in [0.29, 0.717) is 5.57 Å². The molecule has 0 aromatic heterocycles. The number of methoxy groups -OCH3 is 1. The minimum Gasteiger partial charge on any atom is -0.496 e. The van der Waals surface area contributed by atoms with Crippen LogP contribution in [0.5, 0.6) is 5.75 Å². The van der Waals surface area contributed by atoms with Gasteiger partial charge in [-0.25, -0.2) is 14.4 Å². The Morgan fingerprint density at radius 2 is 1.36 bits per heavy atom. The summed E-state index contributed by atoms with van der Waals surface area (Å²) < 4.78 is 16.4. The fraction of sp³-hybridized carbons (Fsp3) is 0.216. The number of aliphatic carboxylic acids is 1. The Morgan fingerprint density at radius 3 is 1.86 bits per heavy atom. The maximum absolute atomic E-state index is 12.8. The lowest BCUT2D eigenvalue weighted by Crippen LogP contribution is -2.27. The number of allylic oxidation sites excluding steroid dienone is 6. The van der Waals surface area contributed by atoms with E-state index < -0.39 is 24.2 Å². The Kier molecular flexibility index (Phi) is 12.0. The smallest absolute Gasteiger partial charge is 0.341 e. The molecular formula is C37H38O7. The van der Waals surface area contributed by atoms with Crippen molar-refractivity contribution >= 4 is 24.0 Å². The molecule has 1 N–H and O–H groups in total. The number of ether oxygens (including phenoxy) is 3. The van der Waals surface area contributed by atoms with Crippen molar-refractivity contribution in [3.8, 4) is 5.75 Å². The summed E-state index contributed by atoms with van der Waals surface area (Å²) in [6, 6.07) is 18.4. The second kappa shape index (κ2) is 15.9. The highest BCUT2D eigenvalue weighted by molar-refractivity contribution is 5.92. The van der Waals surface area contributed by atoms with Crippen LogP contribution in [0.4, 0.5) is 0 Å². The zero-order chi connectivity index (χ0) is 32.2. The monoisotopic (exact) mass is 594 g/mol. The largest absolute Gasteiger partial charge is 0.496 e. The second-order valence-corrected chi connectivity index (χ2v) is 10.3. The zero-order valence-electron chi connectivity index (χ0n) is 25.9. The molecule has 0 amide bonds. The van der Waals surface area contributed by atoms with Crippen molar-refractivity contribution < 1.29 is 33.7 Å². The number of esters is 2. The third-order valence-electron chi connectivity index (χ3n) is 7.15. The normalized spacial score (nSPS) is 12.4. The molecule has 0 atom stereocenters. The van der Waals surface area contributed by atoms with Gasteiger partial charge in [0.05, 0.1) is 24.7 Å². The van der Waals surface area contributed by atoms with Crippen LogP contribution in [0.25, 0.3) is 6.08 Å². The van der Waals surface area contributed by atoms with Crippen LogP contribution in [0.3, 0.4) is 0 Å². The van der Waals surface area contributed by atoms with Crippen molar-refractivity contribution in [1.29, 1.82) is 0 Å². The fourth-order valence-electron chi connectivity index (χ4n) is 4.46. The van der Waals surface area contributed by atoms with Crippen LogP contribution in [0, 0.1) is 20.8 Å². The number of carbonyl (C=O) groups excluding carboxylic acids is 2. The first-order valence-corrected chi connectivity index (χ1v) is 14.1. The van der Waals surface area contributed by atoms with Crippen LogP contribution in [0.2, 0.25) is 0 Å². The summed E-state index contributed by atoms with van der Waals surface area (Å²) >= 11 is 0. The van der Waals surface area contributed by atoms with Gasteiger partial charge >= 0.3 is 17.9 Å². The van der Waals surface area contributed by atoms with Crippen molar-refractivity contribution in [2.24, 2.45) is 0 Å². The average Bonchev–Trinajstić information content (AvgIpc) is 3.01. The van der Waals surface area contributed by atoms with Gasteiger partial charge in [0.1, 0.15) is 5.75 Å². The number of carboxylic acid groups (broad SMARTS) is 1. The minimum atomic E-state index is -1.47. The first-order valence-electron chi connectivity index (χ1n) is 14.1. The van der Waals surface area contributed by atoms with Crippen molar-refractivity contribution in [2.75, 3.05) is 7.11 Å². The summed E-state index contributed by atoms with van der Waals surface area (Å²) in [4.78, 5) is 37.8. The summed E-state index contributed by atoms with van der Waals surface area (Å²) in [5.41, 5.74) is 6.24. The summed E-state index contributed by atoms with van der Waals surface area (Å²) in [6.07, 6.45) is 7.50. The molecule has 0 fully saturated rings. The van der Waals surface area contributed by atoms with Crippen molar-refractivity contribution in [3.05, 3.63) is 141 Å². The standard InChI is InChI=1S/C37H38O7/c1-24(20-21-31-26(3)22-33(42-6)28(5)27(31)4)14-13-15-25(2)32(35(38)39)23-34(43-36(40)29-16-9-7-10-17-29)44-37(41)30-18-11-8-12-19-30/h7-22,34H,23H2,1-6H3,(H,38,39)/b15-13+,21-20+,24-14+,32-25+. The predicted molar refractivity (Wildman–Crippen MR) is 172 cm³/mol. The summed E-state index contributed by atoms with van der Waals surface area (Å²) in [5, 5.41) is 10.0. The molecule has 0 heterocycles. The quantitative estimate of drug-likeness (QED) is 0.0983. The molecule has 0 spiro atoms. The summed E-state index contributed by atoms with van der Waals surface area (Å²) in [7, 11) is 1.66. The molecule has 0 aliphatic rings. The number of hydrogen-bond acceptors (Lipinski definition) is 6. The van der Waals surface area contributed by atoms with E-state index in [-0.39, 0.29) is 23.1 Å². The Morgan fingerprint density at radius 1 is 0.818 bits per heavy atom. The molecule has 3 aromatic rings. The Labute approximate surface area is 258 Å². The molecule has 3 aromatic carbocycles. The van der Waals surface area contributed by atoms with Crippen LogP contribution < -0.4 is 4.74 Å². The highest BCUT2D eigenvalue weighted by Gasteiger charge is 2.25. The highest BCUT2D eigenvalue weighted by atomic mass is 16.7. The zero-order valence-corrected chi connectivity index (χ0v) is 25.9. The maximum Gasteiger partial charge on any atom is 0.341 e. The predicted octanol–water partition coefficient (Wildman–Crippen LogP) is 7.97. The van der Waals surface area contributed by atoms with Crippen LogP contribution in [-0.4, -0.2) is 36.4 Å². The van der Waals surface area contributed by atoms with E-state index in [0.717, 1.165) is 33.6 Å². The maximum atomic E-state index is 12.8. The lowest BCUT2D eigenvalue weighted by atomic mass is 9.96. The first-order chi connectivity index (χ1) is 21.0. The molecule has 0 bridgehead atoms. The lowest BCUT2D eigenvalue weighted by molar-refractivity contribution is -0.134. The van der Waals surface area contributed by atoms with E-state index in [9.17, 15) is 19.5 Å². The number of benzene rings is 3. The molecule has 0 saturated carbocycles. The molecular weight excluding hydrogens is 556 g/mol. The van der Waals surface area contributed by atoms with Gasteiger partial charge in [-0.1, -0.05) is 72.4 Å². The molecule has 0 saturated heterocycles. The van der Waals surface area contributed by atoms with Crippen LogP contribution in [0.15, 0.2) is 108 Å². The van der Waals surface area contributed by atoms with E-state index in [1.165, 1.54) is 0 Å². The number of carboxylic acids is 1. The van der Waals surface area contributed by atoms with Gasteiger partial charge in [0.25, 0.3) is 6.29 Å². The summed E-state index contributed by atoms with van der Waals surface area (Å²) in [5.74, 6) is -1.84. The van der Waals surface area contributed by atoms with Crippen LogP contribution in [0.1, 0.15) is 63.2 Å². The topological polar surface area (TPSA) is 99.1 Å². The third kappa shape index (κ3) is 9.16. The molecule has 7 nitrogen and oxygen atoms in total. The number of rotatable bonds is 12. The van der Waals surface area contributed by atoms with E-state index in [2.05, 4.69) is 13.0 Å². The number of carbonyl (C=O) groups is 3. The highest BCUT2D eigenvalue weighted by Crippen LogP contribution is 2.28. The molecule has 0 aliphatic heterocycles.